The maximum atomic E-state index is 13.1. The first kappa shape index (κ1) is 23.7. The van der Waals surface area contributed by atoms with Crippen LogP contribution in [0.1, 0.15) is 21.5 Å². The number of nitrogens with one attached hydrogen (secondary N) is 1. The van der Waals surface area contributed by atoms with Crippen LogP contribution in [0.4, 0.5) is 0 Å². The number of benzene rings is 3. The number of carbonyl (C=O) groups is 1. The Morgan fingerprint density at radius 1 is 0.886 bits per heavy atom. The van der Waals surface area contributed by atoms with Gasteiger partial charge in [-0.25, -0.2) is 0 Å². The van der Waals surface area contributed by atoms with Gasteiger partial charge in [-0.3, -0.25) is 9.59 Å². The minimum Gasteiger partial charge on any atom is -0.493 e. The predicted molar refractivity (Wildman–Crippen MR) is 132 cm³/mol. The molecule has 0 atom stereocenters. The fraction of sp³-hybridized carbons (Fsp3) is 0.185. The highest BCUT2D eigenvalue weighted by molar-refractivity contribution is 6.08. The van der Waals surface area contributed by atoms with Crippen LogP contribution in [-0.2, 0) is 13.0 Å². The number of pyridine rings is 1. The zero-order chi connectivity index (χ0) is 24.8. The molecule has 4 aromatic rings. The lowest BCUT2D eigenvalue weighted by molar-refractivity contribution is 0.0699. The van der Waals surface area contributed by atoms with Crippen molar-refractivity contribution in [3.8, 4) is 17.4 Å². The van der Waals surface area contributed by atoms with Crippen molar-refractivity contribution in [1.29, 1.82) is 0 Å². The van der Waals surface area contributed by atoms with Crippen molar-refractivity contribution < 1.29 is 24.2 Å². The number of amides is 1. The van der Waals surface area contributed by atoms with E-state index in [1.54, 1.807) is 44.6 Å². The van der Waals surface area contributed by atoms with Gasteiger partial charge < -0.3 is 24.7 Å². The minimum atomic E-state index is -0.548. The summed E-state index contributed by atoms with van der Waals surface area (Å²) in [6, 6.07) is 21.4. The monoisotopic (exact) mass is 474 g/mol. The van der Waals surface area contributed by atoms with Crippen LogP contribution in [0.15, 0.2) is 77.6 Å². The summed E-state index contributed by atoms with van der Waals surface area (Å²) in [6.45, 7) is 0.346. The fourth-order valence-corrected chi connectivity index (χ4v) is 3.82. The molecule has 0 bridgehead atoms. The summed E-state index contributed by atoms with van der Waals surface area (Å²) in [4.78, 5) is 31.7. The second kappa shape index (κ2) is 10.6. The molecule has 3 aromatic carbocycles. The molecule has 0 spiro atoms. The zero-order valence-corrected chi connectivity index (χ0v) is 19.5. The van der Waals surface area contributed by atoms with Crippen LogP contribution in [0.5, 0.6) is 17.4 Å². The first-order valence-corrected chi connectivity index (χ1v) is 11.1. The van der Waals surface area contributed by atoms with E-state index in [2.05, 4.69) is 5.32 Å². The van der Waals surface area contributed by atoms with Gasteiger partial charge in [0.25, 0.3) is 11.5 Å². The van der Waals surface area contributed by atoms with Crippen LogP contribution in [0.2, 0.25) is 0 Å². The highest BCUT2D eigenvalue weighted by atomic mass is 16.7. The molecule has 8 nitrogen and oxygen atoms in total. The zero-order valence-electron chi connectivity index (χ0n) is 19.5. The number of fused-ring (bicyclic) bond motifs is 1. The minimum absolute atomic E-state index is 0.0272. The molecule has 2 N–H and O–H groups in total. The van der Waals surface area contributed by atoms with Gasteiger partial charge in [0.15, 0.2) is 11.5 Å². The number of rotatable bonds is 9. The molecule has 1 amide bonds. The number of aromatic nitrogens is 1. The van der Waals surface area contributed by atoms with E-state index in [0.717, 1.165) is 15.9 Å². The van der Waals surface area contributed by atoms with Crippen molar-refractivity contribution in [2.45, 2.75) is 13.0 Å². The Labute approximate surface area is 202 Å². The number of aromatic hydroxyl groups is 1. The molecule has 0 saturated carbocycles. The second-order valence-corrected chi connectivity index (χ2v) is 7.80. The first-order chi connectivity index (χ1) is 17.0. The molecule has 0 unspecified atom stereocenters. The molecule has 180 valence electrons. The Bertz CT molecular complexity index is 1400. The van der Waals surface area contributed by atoms with Gasteiger partial charge in [0.1, 0.15) is 12.2 Å². The summed E-state index contributed by atoms with van der Waals surface area (Å²) < 4.78 is 11.4. The van der Waals surface area contributed by atoms with Crippen molar-refractivity contribution in [3.63, 3.8) is 0 Å². The largest absolute Gasteiger partial charge is 0.493 e. The van der Waals surface area contributed by atoms with E-state index in [9.17, 15) is 14.7 Å². The number of methoxy groups -OCH3 is 2. The first-order valence-electron chi connectivity index (χ1n) is 11.1. The second-order valence-electron chi connectivity index (χ2n) is 7.80. The molecule has 1 heterocycles. The lowest BCUT2D eigenvalue weighted by Gasteiger charge is -2.16. The molecule has 0 aliphatic heterocycles. The van der Waals surface area contributed by atoms with Crippen LogP contribution in [0.3, 0.4) is 0 Å². The van der Waals surface area contributed by atoms with Gasteiger partial charge in [-0.2, -0.15) is 0 Å². The molecule has 0 saturated heterocycles. The Kier molecular flexibility index (Phi) is 7.21. The number of hydrogen-bond acceptors (Lipinski definition) is 6. The Morgan fingerprint density at radius 2 is 1.57 bits per heavy atom. The van der Waals surface area contributed by atoms with Crippen molar-refractivity contribution >= 4 is 16.7 Å². The van der Waals surface area contributed by atoms with Gasteiger partial charge in [0.05, 0.1) is 19.6 Å². The third-order valence-corrected chi connectivity index (χ3v) is 5.60. The quantitative estimate of drug-likeness (QED) is 0.386. The van der Waals surface area contributed by atoms with E-state index >= 15 is 0 Å². The smallest absolute Gasteiger partial charge is 0.294 e. The third kappa shape index (κ3) is 5.06. The Morgan fingerprint density at radius 3 is 2.29 bits per heavy atom. The molecule has 8 heteroatoms. The Balaban J connectivity index is 1.58. The van der Waals surface area contributed by atoms with Crippen LogP contribution in [0, 0.1) is 0 Å². The molecule has 0 radical (unpaired) electrons. The summed E-state index contributed by atoms with van der Waals surface area (Å²) >= 11 is 0. The average molecular weight is 475 g/mol. The van der Waals surface area contributed by atoms with Gasteiger partial charge in [0.2, 0.25) is 5.88 Å². The van der Waals surface area contributed by atoms with Crippen LogP contribution >= 0.6 is 0 Å². The van der Waals surface area contributed by atoms with Crippen molar-refractivity contribution in [2.24, 2.45) is 0 Å². The maximum absolute atomic E-state index is 13.1. The van der Waals surface area contributed by atoms with Crippen LogP contribution in [0.25, 0.3) is 10.8 Å². The van der Waals surface area contributed by atoms with E-state index in [-0.39, 0.29) is 17.6 Å². The Hall–Kier alpha value is -4.46. The lowest BCUT2D eigenvalue weighted by Crippen LogP contribution is -2.32. The summed E-state index contributed by atoms with van der Waals surface area (Å²) in [5.41, 5.74) is 1.18. The van der Waals surface area contributed by atoms with Gasteiger partial charge >= 0.3 is 0 Å². The molecular weight excluding hydrogens is 448 g/mol. The van der Waals surface area contributed by atoms with Crippen molar-refractivity contribution in [1.82, 2.24) is 10.0 Å². The topological polar surface area (TPSA) is 99.0 Å². The van der Waals surface area contributed by atoms with Gasteiger partial charge in [-0.1, -0.05) is 54.6 Å². The van der Waals surface area contributed by atoms with E-state index < -0.39 is 17.3 Å². The predicted octanol–water partition coefficient (Wildman–Crippen LogP) is 3.33. The number of nitrogens with zero attached hydrogens (tertiary/aromatic N) is 1. The van der Waals surface area contributed by atoms with E-state index in [0.29, 0.717) is 29.9 Å². The molecule has 1 aromatic heterocycles. The third-order valence-electron chi connectivity index (χ3n) is 5.60. The fourth-order valence-electron chi connectivity index (χ4n) is 3.82. The standard InChI is InChI=1S/C27H26N2O6/c1-33-22-13-12-18(16-23(22)34-2)14-15-28-25(30)24-20-10-6-7-11-21(20)26(31)29(27(24)32)35-17-19-8-4-3-5-9-19/h3-13,16,32H,14-15,17H2,1-2H3,(H,28,30). The molecule has 0 fully saturated rings. The van der Waals surface area contributed by atoms with Gasteiger partial charge in [-0.05, 0) is 35.7 Å². The summed E-state index contributed by atoms with van der Waals surface area (Å²) in [6.07, 6.45) is 0.523. The lowest BCUT2D eigenvalue weighted by atomic mass is 10.1. The number of carbonyl (C=O) groups excluding carboxylic acids is 1. The van der Waals surface area contributed by atoms with E-state index in [4.69, 9.17) is 14.3 Å². The normalized spacial score (nSPS) is 10.7. The average Bonchev–Trinajstić information content (AvgIpc) is 2.89. The summed E-state index contributed by atoms with van der Waals surface area (Å²) in [7, 11) is 3.13. The van der Waals surface area contributed by atoms with Crippen molar-refractivity contribution in [3.05, 3.63) is 99.8 Å². The van der Waals surface area contributed by atoms with Crippen LogP contribution < -0.4 is 25.2 Å². The molecule has 4 rings (SSSR count). The summed E-state index contributed by atoms with van der Waals surface area (Å²) in [5.74, 6) is 0.154. The number of ether oxygens (including phenoxy) is 2. The maximum Gasteiger partial charge on any atom is 0.294 e. The van der Waals surface area contributed by atoms with E-state index in [1.165, 1.54) is 0 Å². The summed E-state index contributed by atoms with van der Waals surface area (Å²) in [5, 5.41) is 14.3. The molecule has 35 heavy (non-hydrogen) atoms. The molecular formula is C27H26N2O6. The highest BCUT2D eigenvalue weighted by Gasteiger charge is 2.22. The van der Waals surface area contributed by atoms with E-state index in [1.807, 2.05) is 42.5 Å². The molecule has 0 aliphatic rings. The number of hydrogen-bond donors (Lipinski definition) is 2. The van der Waals surface area contributed by atoms with Crippen molar-refractivity contribution in [2.75, 3.05) is 20.8 Å². The highest BCUT2D eigenvalue weighted by Crippen LogP contribution is 2.28. The van der Waals surface area contributed by atoms with Gasteiger partial charge in [0, 0.05) is 11.9 Å². The van der Waals surface area contributed by atoms with Crippen LogP contribution in [-0.4, -0.2) is 36.5 Å². The molecule has 0 aliphatic carbocycles. The van der Waals surface area contributed by atoms with Gasteiger partial charge in [-0.15, -0.1) is 4.73 Å². The SMILES string of the molecule is COc1ccc(CCNC(=O)c2c(O)n(OCc3ccccc3)c(=O)c3ccccc23)cc1OC.